The minimum Gasteiger partial charge on any atom is -0.309 e. The summed E-state index contributed by atoms with van der Waals surface area (Å²) in [5.74, 6) is 0. The van der Waals surface area contributed by atoms with Crippen molar-refractivity contribution in [3.63, 3.8) is 0 Å². The van der Waals surface area contributed by atoms with Crippen molar-refractivity contribution in [3.05, 3.63) is 252 Å². The van der Waals surface area contributed by atoms with Gasteiger partial charge in [0.1, 0.15) is 0 Å². The van der Waals surface area contributed by atoms with Gasteiger partial charge in [0.2, 0.25) is 0 Å². The number of nitrogens with zero attached hydrogens (tertiary/aromatic N) is 3. The van der Waals surface area contributed by atoms with Crippen LogP contribution in [0.4, 0.5) is 0 Å². The monoisotopic (exact) mass is 839 g/mol. The molecule has 316 valence electrons. The number of fused-ring (bicyclic) bond motifs is 5. The van der Waals surface area contributed by atoms with Crippen LogP contribution in [-0.2, 0) is 5.41 Å². The average molecular weight is 840 g/mol. The molecule has 0 saturated carbocycles. The van der Waals surface area contributed by atoms with Crippen molar-refractivity contribution in [2.45, 2.75) is 52.4 Å². The lowest BCUT2D eigenvalue weighted by Crippen LogP contribution is -2.30. The van der Waals surface area contributed by atoms with Crippen LogP contribution in [0.1, 0.15) is 80.5 Å². The molecule has 3 aromatic heterocycles. The first kappa shape index (κ1) is 41.4. The number of rotatable bonds is 8. The van der Waals surface area contributed by atoms with Crippen molar-refractivity contribution >= 4 is 38.5 Å². The van der Waals surface area contributed by atoms with Crippen molar-refractivity contribution < 1.29 is 0 Å². The van der Waals surface area contributed by atoms with Gasteiger partial charge in [0.05, 0.1) is 27.8 Å². The largest absolute Gasteiger partial charge is 0.309 e. The number of aromatic nitrogens is 3. The van der Waals surface area contributed by atoms with E-state index in [4.69, 9.17) is 9.97 Å². The Balaban J connectivity index is 0.00000246. The predicted molar refractivity (Wildman–Crippen MR) is 275 cm³/mol. The van der Waals surface area contributed by atoms with Crippen molar-refractivity contribution in [1.29, 1.82) is 0 Å². The van der Waals surface area contributed by atoms with E-state index in [1.807, 2.05) is 20.0 Å². The summed E-state index contributed by atoms with van der Waals surface area (Å²) in [6.45, 7) is 8.13. The Labute approximate surface area is 383 Å². The summed E-state index contributed by atoms with van der Waals surface area (Å²) in [4.78, 5) is 10.00. The van der Waals surface area contributed by atoms with Crippen molar-refractivity contribution in [2.75, 3.05) is 0 Å². The molecular weight excluding hydrogens is 787 g/mol. The fraction of sp³-hybridized carbons (Fsp3) is 0.129. The highest BCUT2D eigenvalue weighted by Crippen LogP contribution is 2.59. The van der Waals surface area contributed by atoms with Crippen LogP contribution in [0.2, 0.25) is 0 Å². The Morgan fingerprint density at radius 2 is 1.35 bits per heavy atom. The van der Waals surface area contributed by atoms with E-state index in [0.717, 1.165) is 53.0 Å². The van der Waals surface area contributed by atoms with Crippen molar-refractivity contribution in [1.82, 2.24) is 14.5 Å². The van der Waals surface area contributed by atoms with Crippen molar-refractivity contribution in [3.8, 4) is 28.1 Å². The van der Waals surface area contributed by atoms with Gasteiger partial charge in [0.15, 0.2) is 0 Å². The molecule has 0 aliphatic heterocycles. The fourth-order valence-electron chi connectivity index (χ4n) is 10.5. The fourth-order valence-corrected chi connectivity index (χ4v) is 10.5. The molecule has 0 fully saturated rings. The maximum Gasteiger partial charge on any atom is 0.0716 e. The predicted octanol–water partition coefficient (Wildman–Crippen LogP) is 16.3. The van der Waals surface area contributed by atoms with Crippen LogP contribution in [0.25, 0.3) is 66.6 Å². The van der Waals surface area contributed by atoms with Crippen LogP contribution >= 0.6 is 0 Å². The van der Waals surface area contributed by atoms with Crippen LogP contribution < -0.4 is 0 Å². The van der Waals surface area contributed by atoms with Crippen LogP contribution in [0.15, 0.2) is 218 Å². The maximum absolute atomic E-state index is 5.29. The molecule has 1 atom stereocenters. The molecule has 0 saturated heterocycles. The number of allylic oxidation sites excluding steroid dienone is 8. The molecule has 3 heterocycles. The first-order chi connectivity index (χ1) is 32.2. The van der Waals surface area contributed by atoms with Crippen LogP contribution in [0.5, 0.6) is 0 Å². The number of pyridine rings is 2. The Morgan fingerprint density at radius 3 is 2.15 bits per heavy atom. The van der Waals surface area contributed by atoms with Crippen LogP contribution in [0, 0.1) is 0 Å². The lowest BCUT2D eigenvalue weighted by molar-refractivity contribution is 0.675. The molecule has 0 bridgehead atoms. The van der Waals surface area contributed by atoms with Crippen LogP contribution in [0.3, 0.4) is 0 Å². The molecule has 3 heteroatoms. The Hall–Kier alpha value is -7.62. The third kappa shape index (κ3) is 7.09. The number of hydrogen-bond acceptors (Lipinski definition) is 2. The van der Waals surface area contributed by atoms with Gasteiger partial charge in [-0.2, -0.15) is 0 Å². The molecule has 1 unspecified atom stereocenters. The van der Waals surface area contributed by atoms with E-state index in [9.17, 15) is 0 Å². The number of para-hydroxylation sites is 1. The van der Waals surface area contributed by atoms with Gasteiger partial charge < -0.3 is 4.57 Å². The molecule has 3 nitrogen and oxygen atoms in total. The summed E-state index contributed by atoms with van der Waals surface area (Å²) >= 11 is 0. The number of benzene rings is 6. The molecule has 0 amide bonds. The molecular formula is C62H53N3. The lowest BCUT2D eigenvalue weighted by atomic mass is 9.66. The topological polar surface area (TPSA) is 30.7 Å². The number of hydrogen-bond donors (Lipinski definition) is 0. The summed E-state index contributed by atoms with van der Waals surface area (Å²) < 4.78 is 2.43. The summed E-state index contributed by atoms with van der Waals surface area (Å²) in [6.07, 6.45) is 15.9. The summed E-state index contributed by atoms with van der Waals surface area (Å²) in [6, 6.07) is 64.5. The zero-order valence-corrected chi connectivity index (χ0v) is 37.7. The molecule has 2 aliphatic carbocycles. The molecule has 0 N–H and O–H groups in total. The van der Waals surface area contributed by atoms with E-state index in [0.29, 0.717) is 0 Å². The van der Waals surface area contributed by atoms with Crippen LogP contribution in [-0.4, -0.2) is 14.5 Å². The van der Waals surface area contributed by atoms with E-state index in [1.54, 1.807) is 0 Å². The first-order valence-corrected chi connectivity index (χ1v) is 23.2. The quantitative estimate of drug-likeness (QED) is 0.143. The third-order valence-corrected chi connectivity index (χ3v) is 13.2. The lowest BCUT2D eigenvalue weighted by Gasteiger charge is -2.35. The van der Waals surface area contributed by atoms with E-state index in [2.05, 4.69) is 225 Å². The SMILES string of the molecule is C/C=C\C(=C/C)c1cc(-c2ccccc2)cc(-c2cccc(-n3c4ccccc4c4cc(C5=CCCCC6=C5c5ccccc5C6(c5ccccc5)c5cccnc5)ccc43)c2)n1.CC. The minimum atomic E-state index is -0.437. The Morgan fingerprint density at radius 1 is 0.615 bits per heavy atom. The van der Waals surface area contributed by atoms with Gasteiger partial charge in [-0.05, 0) is 143 Å². The summed E-state index contributed by atoms with van der Waals surface area (Å²) in [7, 11) is 0. The first-order valence-electron chi connectivity index (χ1n) is 23.2. The average Bonchev–Trinajstić information content (AvgIpc) is 3.76. The van der Waals surface area contributed by atoms with Gasteiger partial charge in [0, 0.05) is 34.4 Å². The highest BCUT2D eigenvalue weighted by Gasteiger charge is 2.48. The Bertz CT molecular complexity index is 3270. The molecule has 0 radical (unpaired) electrons. The molecule has 65 heavy (non-hydrogen) atoms. The van der Waals surface area contributed by atoms with Gasteiger partial charge >= 0.3 is 0 Å². The summed E-state index contributed by atoms with van der Waals surface area (Å²) in [5, 5.41) is 2.48. The van der Waals surface area contributed by atoms with Crippen molar-refractivity contribution in [2.24, 2.45) is 0 Å². The van der Waals surface area contributed by atoms with Gasteiger partial charge in [-0.1, -0.05) is 166 Å². The van der Waals surface area contributed by atoms with E-state index in [-0.39, 0.29) is 0 Å². The normalized spacial score (nSPS) is 15.9. The van der Waals surface area contributed by atoms with Gasteiger partial charge in [-0.15, -0.1) is 0 Å². The summed E-state index contributed by atoms with van der Waals surface area (Å²) in [5.41, 5.74) is 20.0. The molecule has 11 rings (SSSR count). The zero-order chi connectivity index (χ0) is 44.3. The second-order valence-corrected chi connectivity index (χ2v) is 16.6. The second-order valence-electron chi connectivity index (χ2n) is 16.6. The van der Waals surface area contributed by atoms with E-state index >= 15 is 0 Å². The molecule has 6 aromatic carbocycles. The minimum absolute atomic E-state index is 0.437. The smallest absolute Gasteiger partial charge is 0.0716 e. The standard InChI is InChI=1S/C60H47N3.C2H6/c1-3-19-41(4-2)55-38-45(42-20-7-5-8-21-42)39-56(62-55)44-22-17-26-48(36-44)63-57-32-16-13-28-50(57)52-37-43(33-34-58(52)63)49-27-11-15-31-54-59(49)51-29-12-14-30-53(51)60(54,46-23-9-6-10-24-46)47-25-18-35-61-40-47;1-2/h3-10,12-14,16-30,32-40H,11,15,31H2,1-2H3;1-2H3/b19-3-,41-4+;. The van der Waals surface area contributed by atoms with E-state index in [1.165, 1.54) is 71.9 Å². The van der Waals surface area contributed by atoms with Gasteiger partial charge in [-0.25, -0.2) is 4.98 Å². The van der Waals surface area contributed by atoms with Gasteiger partial charge in [-0.3, -0.25) is 4.98 Å². The molecule has 0 spiro atoms. The maximum atomic E-state index is 5.29. The highest BCUT2D eigenvalue weighted by molar-refractivity contribution is 6.15. The second kappa shape index (κ2) is 17.9. The Kier molecular flexibility index (Phi) is 11.4. The third-order valence-electron chi connectivity index (χ3n) is 13.2. The molecule has 9 aromatic rings. The molecule has 2 aliphatic rings. The zero-order valence-electron chi connectivity index (χ0n) is 37.7. The van der Waals surface area contributed by atoms with E-state index < -0.39 is 5.41 Å². The highest BCUT2D eigenvalue weighted by atomic mass is 15.0. The van der Waals surface area contributed by atoms with Gasteiger partial charge in [0.25, 0.3) is 0 Å².